The molecule has 0 radical (unpaired) electrons. The van der Waals surface area contributed by atoms with Crippen LogP contribution in [0, 0.1) is 0 Å². The Hall–Kier alpha value is -6.45. The summed E-state index contributed by atoms with van der Waals surface area (Å²) < 4.78 is 0. The first kappa shape index (κ1) is 30.4. The van der Waals surface area contributed by atoms with Crippen molar-refractivity contribution in [3.05, 3.63) is 198 Å². The summed E-state index contributed by atoms with van der Waals surface area (Å²) in [5, 5.41) is 0. The van der Waals surface area contributed by atoms with Crippen LogP contribution in [0.3, 0.4) is 0 Å². The molecule has 0 saturated heterocycles. The fourth-order valence-electron chi connectivity index (χ4n) is 8.41. The lowest BCUT2D eigenvalue weighted by atomic mass is 9.80. The highest BCUT2D eigenvalue weighted by atomic mass is 15.0. The monoisotopic (exact) mass is 665 g/mol. The summed E-state index contributed by atoms with van der Waals surface area (Å²) in [6.45, 7) is 4.72. The van der Waals surface area contributed by atoms with Gasteiger partial charge in [0.25, 0.3) is 0 Å². The van der Waals surface area contributed by atoms with E-state index in [1.807, 2.05) is 24.3 Å². The van der Waals surface area contributed by atoms with Crippen molar-refractivity contribution in [1.82, 2.24) is 15.0 Å². The Labute approximate surface area is 304 Å². The first-order chi connectivity index (χ1) is 25.5. The minimum atomic E-state index is -0.0729. The van der Waals surface area contributed by atoms with E-state index in [0.29, 0.717) is 17.5 Å². The smallest absolute Gasteiger partial charge is 0.164 e. The highest BCUT2D eigenvalue weighted by Crippen LogP contribution is 2.55. The second-order valence-corrected chi connectivity index (χ2v) is 14.4. The summed E-state index contributed by atoms with van der Waals surface area (Å²) in [6.07, 6.45) is 0. The predicted octanol–water partition coefficient (Wildman–Crippen LogP) is 12.0. The van der Waals surface area contributed by atoms with Gasteiger partial charge in [0, 0.05) is 28.0 Å². The van der Waals surface area contributed by atoms with Gasteiger partial charge in [0.1, 0.15) is 0 Å². The topological polar surface area (TPSA) is 38.7 Å². The van der Waals surface area contributed by atoms with Crippen LogP contribution in [0.5, 0.6) is 0 Å². The number of hydrogen-bond acceptors (Lipinski definition) is 3. The molecule has 1 aromatic heterocycles. The minimum Gasteiger partial charge on any atom is -0.208 e. The van der Waals surface area contributed by atoms with Crippen molar-refractivity contribution in [2.45, 2.75) is 25.2 Å². The summed E-state index contributed by atoms with van der Waals surface area (Å²) in [5.41, 5.74) is 17.2. The van der Waals surface area contributed by atoms with E-state index in [2.05, 4.69) is 159 Å². The minimum absolute atomic E-state index is 0.0729. The third-order valence-corrected chi connectivity index (χ3v) is 11.0. The van der Waals surface area contributed by atoms with Gasteiger partial charge in [-0.1, -0.05) is 172 Å². The number of hydrogen-bond donors (Lipinski definition) is 0. The van der Waals surface area contributed by atoms with Crippen molar-refractivity contribution < 1.29 is 0 Å². The van der Waals surface area contributed by atoms with Crippen molar-refractivity contribution >= 4 is 0 Å². The lowest BCUT2D eigenvalue weighted by Crippen LogP contribution is -2.15. The van der Waals surface area contributed by atoms with Crippen LogP contribution in [-0.2, 0) is 5.41 Å². The molecule has 0 aliphatic heterocycles. The van der Waals surface area contributed by atoms with Crippen LogP contribution in [0.4, 0.5) is 0 Å². The Morgan fingerprint density at radius 1 is 0.365 bits per heavy atom. The second-order valence-electron chi connectivity index (χ2n) is 14.4. The Kier molecular flexibility index (Phi) is 6.91. The van der Waals surface area contributed by atoms with Gasteiger partial charge >= 0.3 is 0 Å². The van der Waals surface area contributed by atoms with Gasteiger partial charge in [0.2, 0.25) is 0 Å². The van der Waals surface area contributed by atoms with E-state index >= 15 is 0 Å². The number of fused-ring (bicyclic) bond motifs is 6. The number of aromatic nitrogens is 3. The maximum absolute atomic E-state index is 5.13. The quantitative estimate of drug-likeness (QED) is 0.184. The first-order valence-electron chi connectivity index (χ1n) is 18.0. The van der Waals surface area contributed by atoms with Gasteiger partial charge in [-0.25, -0.2) is 15.0 Å². The fourth-order valence-corrected chi connectivity index (χ4v) is 8.41. The van der Waals surface area contributed by atoms with E-state index in [1.54, 1.807) is 0 Å². The largest absolute Gasteiger partial charge is 0.208 e. The van der Waals surface area contributed by atoms with E-state index in [9.17, 15) is 0 Å². The van der Waals surface area contributed by atoms with Crippen molar-refractivity contribution in [3.63, 3.8) is 0 Å². The normalized spacial score (nSPS) is 14.7. The molecule has 10 rings (SSSR count). The highest BCUT2D eigenvalue weighted by Gasteiger charge is 2.39. The molecule has 0 spiro atoms. The van der Waals surface area contributed by atoms with E-state index in [4.69, 9.17) is 15.0 Å². The van der Waals surface area contributed by atoms with Gasteiger partial charge < -0.3 is 0 Å². The van der Waals surface area contributed by atoms with Crippen LogP contribution in [0.1, 0.15) is 47.6 Å². The molecule has 1 heterocycles. The van der Waals surface area contributed by atoms with Crippen molar-refractivity contribution in [1.29, 1.82) is 0 Å². The zero-order valence-electron chi connectivity index (χ0n) is 29.1. The Morgan fingerprint density at radius 2 is 0.904 bits per heavy atom. The lowest BCUT2D eigenvalue weighted by Gasteiger charge is -2.23. The summed E-state index contributed by atoms with van der Waals surface area (Å²) >= 11 is 0. The molecule has 1 unspecified atom stereocenters. The molecule has 1 atom stereocenters. The molecular formula is C49H35N3. The summed E-state index contributed by atoms with van der Waals surface area (Å²) in [4.78, 5) is 15.2. The van der Waals surface area contributed by atoms with Gasteiger partial charge in [-0.05, 0) is 73.3 Å². The van der Waals surface area contributed by atoms with E-state index in [1.165, 1.54) is 55.6 Å². The maximum Gasteiger partial charge on any atom is 0.164 e. The molecule has 0 N–H and O–H groups in total. The Morgan fingerprint density at radius 3 is 1.63 bits per heavy atom. The number of benzene rings is 7. The number of rotatable bonds is 5. The molecule has 0 amide bonds. The third-order valence-electron chi connectivity index (χ3n) is 11.0. The Bertz CT molecular complexity index is 2640. The third kappa shape index (κ3) is 4.85. The average Bonchev–Trinajstić information content (AvgIpc) is 3.65. The van der Waals surface area contributed by atoms with Crippen LogP contribution in [-0.4, -0.2) is 15.0 Å². The molecule has 2 aliphatic carbocycles. The van der Waals surface area contributed by atoms with Crippen LogP contribution < -0.4 is 0 Å². The molecule has 0 saturated carbocycles. The molecule has 52 heavy (non-hydrogen) atoms. The summed E-state index contributed by atoms with van der Waals surface area (Å²) in [6, 6.07) is 60.7. The van der Waals surface area contributed by atoms with Gasteiger partial charge in [0.05, 0.1) is 0 Å². The van der Waals surface area contributed by atoms with E-state index in [-0.39, 0.29) is 11.3 Å². The molecule has 3 nitrogen and oxygen atoms in total. The van der Waals surface area contributed by atoms with Gasteiger partial charge in [-0.2, -0.15) is 0 Å². The van der Waals surface area contributed by atoms with Gasteiger partial charge in [0.15, 0.2) is 17.5 Å². The standard InChI is InChI=1S/C49H35N3/c1-49(2)43-23-12-11-21-38(43)41-29-40-37-20-9-10-22-39(37)45(42(40)30-44(41)49)35-18-13-19-36(28-35)48-51-46(33-16-7-4-8-17-33)50-47(52-48)34-26-24-32(25-27-34)31-14-5-3-6-15-31/h3-30,45H,1-2H3. The van der Waals surface area contributed by atoms with E-state index < -0.39 is 0 Å². The Balaban J connectivity index is 1.10. The van der Waals surface area contributed by atoms with Crippen LogP contribution >= 0.6 is 0 Å². The summed E-state index contributed by atoms with van der Waals surface area (Å²) in [7, 11) is 0. The molecule has 0 bridgehead atoms. The van der Waals surface area contributed by atoms with Crippen molar-refractivity contribution in [2.24, 2.45) is 0 Å². The molecular weight excluding hydrogens is 631 g/mol. The predicted molar refractivity (Wildman–Crippen MR) is 212 cm³/mol. The molecule has 8 aromatic rings. The van der Waals surface area contributed by atoms with Crippen LogP contribution in [0.2, 0.25) is 0 Å². The number of nitrogens with zero attached hydrogens (tertiary/aromatic N) is 3. The summed E-state index contributed by atoms with van der Waals surface area (Å²) in [5.74, 6) is 2.07. The van der Waals surface area contributed by atoms with Crippen LogP contribution in [0.15, 0.2) is 170 Å². The van der Waals surface area contributed by atoms with Gasteiger partial charge in [-0.15, -0.1) is 0 Å². The van der Waals surface area contributed by atoms with Gasteiger partial charge in [-0.3, -0.25) is 0 Å². The first-order valence-corrected chi connectivity index (χ1v) is 18.0. The highest BCUT2D eigenvalue weighted by molar-refractivity contribution is 5.90. The van der Waals surface area contributed by atoms with Crippen molar-refractivity contribution in [2.75, 3.05) is 0 Å². The van der Waals surface area contributed by atoms with Crippen molar-refractivity contribution in [3.8, 4) is 67.5 Å². The molecule has 246 valence electrons. The average molecular weight is 666 g/mol. The molecule has 2 aliphatic rings. The molecule has 3 heteroatoms. The fraction of sp³-hybridized carbons (Fsp3) is 0.0816. The maximum atomic E-state index is 5.13. The van der Waals surface area contributed by atoms with E-state index in [0.717, 1.165) is 22.3 Å². The molecule has 7 aromatic carbocycles. The SMILES string of the molecule is CC1(C)c2ccccc2-c2cc3c(cc21)C(c1cccc(-c2nc(-c4ccccc4)nc(-c4ccc(-c5ccccc5)cc4)n2)c1)c1ccccc1-3. The van der Waals surface area contributed by atoms with Crippen LogP contribution in [0.25, 0.3) is 67.5 Å². The lowest BCUT2D eigenvalue weighted by molar-refractivity contribution is 0.659. The molecule has 0 fully saturated rings. The zero-order chi connectivity index (χ0) is 34.8. The second kappa shape index (κ2) is 11.8. The zero-order valence-corrected chi connectivity index (χ0v) is 29.1.